The molecule has 4 aliphatic rings. The Kier molecular flexibility index (Phi) is 22.8. The second-order valence-corrected chi connectivity index (χ2v) is 27.3. The van der Waals surface area contributed by atoms with E-state index >= 15 is 0 Å². The molecule has 4 N–H and O–H groups in total. The minimum Gasteiger partial charge on any atom is -0.497 e. The summed E-state index contributed by atoms with van der Waals surface area (Å²) in [4.78, 5) is 53.3. The zero-order valence-electron chi connectivity index (χ0n) is 55.3. The van der Waals surface area contributed by atoms with Crippen molar-refractivity contribution < 1.29 is 38.1 Å². The summed E-state index contributed by atoms with van der Waals surface area (Å²) in [5.41, 5.74) is 14.0. The predicted octanol–water partition coefficient (Wildman–Crippen LogP) is 17.8. The molecule has 4 heterocycles. The summed E-state index contributed by atoms with van der Waals surface area (Å²) < 4.78 is 28.8. The Morgan fingerprint density at radius 3 is 1.26 bits per heavy atom. The normalized spacial score (nSPS) is 16.6. The maximum atomic E-state index is 13.5. The van der Waals surface area contributed by atoms with E-state index in [0.717, 1.165) is 171 Å². The number of halogens is 2. The molecular formula is C80H88BrClN6O8. The second kappa shape index (κ2) is 32.5. The molecule has 2 saturated carbocycles. The zero-order valence-corrected chi connectivity index (χ0v) is 57.7. The van der Waals surface area contributed by atoms with Crippen molar-refractivity contribution in [3.05, 3.63) is 188 Å². The number of nitrogens with one attached hydrogen (secondary N) is 4. The van der Waals surface area contributed by atoms with Crippen molar-refractivity contribution in [2.45, 2.75) is 154 Å². The predicted molar refractivity (Wildman–Crippen MR) is 387 cm³/mol. The molecule has 500 valence electrons. The molecule has 9 aromatic rings. The first-order chi connectivity index (χ1) is 47.0. The molecule has 14 nitrogen and oxygen atoms in total. The average molecular weight is 1380 g/mol. The first kappa shape index (κ1) is 67.5. The second-order valence-electron chi connectivity index (χ2n) is 26.0. The summed E-state index contributed by atoms with van der Waals surface area (Å²) in [6, 6.07) is 48.2. The van der Waals surface area contributed by atoms with Crippen LogP contribution in [0.4, 0.5) is 0 Å². The van der Waals surface area contributed by atoms with Gasteiger partial charge in [0.2, 0.25) is 11.8 Å². The van der Waals surface area contributed by atoms with Crippen molar-refractivity contribution in [2.24, 2.45) is 0 Å². The summed E-state index contributed by atoms with van der Waals surface area (Å²) in [7, 11) is 3.32. The summed E-state index contributed by atoms with van der Waals surface area (Å²) in [6.07, 6.45) is 19.5. The molecule has 4 bridgehead atoms. The van der Waals surface area contributed by atoms with Gasteiger partial charge in [-0.3, -0.25) is 19.2 Å². The maximum Gasteiger partial charge on any atom is 0.251 e. The number of nitrogens with zero attached hydrogens (tertiary/aromatic N) is 2. The number of amides is 4. The third kappa shape index (κ3) is 16.3. The minimum atomic E-state index is -0.0681. The molecule has 2 aliphatic heterocycles. The van der Waals surface area contributed by atoms with Gasteiger partial charge in [-0.05, 0) is 212 Å². The van der Waals surface area contributed by atoms with E-state index in [1.54, 1.807) is 14.2 Å². The fraction of sp³-hybridized carbons (Fsp3) is 0.375. The van der Waals surface area contributed by atoms with Gasteiger partial charge in [0.25, 0.3) is 11.8 Å². The van der Waals surface area contributed by atoms with Gasteiger partial charge in [-0.2, -0.15) is 0 Å². The van der Waals surface area contributed by atoms with Crippen LogP contribution in [0.3, 0.4) is 0 Å². The van der Waals surface area contributed by atoms with E-state index in [0.29, 0.717) is 67.4 Å². The number of rotatable bonds is 13. The highest BCUT2D eigenvalue weighted by molar-refractivity contribution is 9.10. The number of methoxy groups -OCH3 is 2. The first-order valence-electron chi connectivity index (χ1n) is 34.6. The topological polar surface area (TPSA) is 163 Å². The number of hydrogen-bond acceptors (Lipinski definition) is 8. The van der Waals surface area contributed by atoms with Gasteiger partial charge in [-0.15, -0.1) is 0 Å². The van der Waals surface area contributed by atoms with E-state index in [-0.39, 0.29) is 36.7 Å². The van der Waals surface area contributed by atoms with Gasteiger partial charge in [0.05, 0.1) is 36.6 Å². The molecule has 7 aromatic carbocycles. The number of ether oxygens (including phenoxy) is 4. The molecule has 0 unspecified atom stereocenters. The summed E-state index contributed by atoms with van der Waals surface area (Å²) in [6.45, 7) is 3.76. The van der Waals surface area contributed by atoms with E-state index in [4.69, 9.17) is 30.5 Å². The number of carbonyl (C=O) groups is 4. The highest BCUT2D eigenvalue weighted by Crippen LogP contribution is 2.47. The Balaban J connectivity index is 0.000000185. The third-order valence-corrected chi connectivity index (χ3v) is 20.6. The lowest BCUT2D eigenvalue weighted by molar-refractivity contribution is -0.122. The summed E-state index contributed by atoms with van der Waals surface area (Å²) in [5.74, 6) is 3.68. The Morgan fingerprint density at radius 1 is 0.417 bits per heavy atom. The van der Waals surface area contributed by atoms with E-state index in [1.165, 1.54) is 49.7 Å². The van der Waals surface area contributed by atoms with Gasteiger partial charge in [0.1, 0.15) is 49.3 Å². The van der Waals surface area contributed by atoms with Crippen molar-refractivity contribution in [3.8, 4) is 56.6 Å². The van der Waals surface area contributed by atoms with Crippen LogP contribution < -0.4 is 40.2 Å². The van der Waals surface area contributed by atoms with E-state index in [2.05, 4.69) is 82.7 Å². The van der Waals surface area contributed by atoms with Crippen LogP contribution in [0.1, 0.15) is 170 Å². The van der Waals surface area contributed by atoms with Gasteiger partial charge in [-0.25, -0.2) is 0 Å². The van der Waals surface area contributed by atoms with Crippen LogP contribution in [0.25, 0.3) is 55.4 Å². The molecule has 4 amide bonds. The van der Waals surface area contributed by atoms with Gasteiger partial charge < -0.3 is 49.3 Å². The smallest absolute Gasteiger partial charge is 0.251 e. The molecule has 16 heteroatoms. The van der Waals surface area contributed by atoms with Crippen LogP contribution in [-0.2, 0) is 35.9 Å². The average Bonchev–Trinajstić information content (AvgIpc) is 1.60. The number of carbonyl (C=O) groups excluding carboxylic acids is 4. The summed E-state index contributed by atoms with van der Waals surface area (Å²) in [5, 5.41) is 15.5. The number of fused-ring (bicyclic) bond motifs is 2. The van der Waals surface area contributed by atoms with Crippen LogP contribution in [-0.4, -0.2) is 73.2 Å². The molecule has 0 spiro atoms. The molecule has 2 fully saturated rings. The Bertz CT molecular complexity index is 4190. The lowest BCUT2D eigenvalue weighted by atomic mass is 9.81. The molecule has 13 rings (SSSR count). The van der Waals surface area contributed by atoms with Crippen LogP contribution >= 0.6 is 27.5 Å². The fourth-order valence-corrected chi connectivity index (χ4v) is 15.0. The van der Waals surface area contributed by atoms with Crippen LogP contribution in [0, 0.1) is 0 Å². The Hall–Kier alpha value is -8.53. The van der Waals surface area contributed by atoms with Crippen molar-refractivity contribution in [2.75, 3.05) is 40.4 Å². The molecule has 0 atom stereocenters. The van der Waals surface area contributed by atoms with Crippen molar-refractivity contribution in [1.29, 1.82) is 0 Å². The van der Waals surface area contributed by atoms with E-state index in [1.807, 2.05) is 109 Å². The minimum absolute atomic E-state index is 0.00288. The van der Waals surface area contributed by atoms with Crippen LogP contribution in [0.15, 0.2) is 150 Å². The molecule has 96 heavy (non-hydrogen) atoms. The van der Waals surface area contributed by atoms with Gasteiger partial charge in [0.15, 0.2) is 0 Å². The van der Waals surface area contributed by atoms with Crippen LogP contribution in [0.5, 0.6) is 23.0 Å². The zero-order chi connectivity index (χ0) is 66.3. The van der Waals surface area contributed by atoms with Crippen molar-refractivity contribution in [1.82, 2.24) is 30.4 Å². The molecule has 2 aromatic heterocycles. The monoisotopic (exact) mass is 1370 g/mol. The largest absolute Gasteiger partial charge is 0.497 e. The first-order valence-corrected chi connectivity index (χ1v) is 35.8. The summed E-state index contributed by atoms with van der Waals surface area (Å²) >= 11 is 9.79. The standard InChI is InChI=1S/C43H46ClN3O4.C37H42BrN3O4/c1-50-36-20-22-37(29-11-16-34(44)17-12-29)33(25-36)28-51-35-18-13-31(14-19-35)42-41(30-9-5-4-6-10-30)38-21-15-32-26-39(38)47(42)27-40(48)45-23-7-2-3-8-24-46-43(32)49;1-44-30-16-18-32(38)28(21-30)24-45-29-14-11-26(12-15-29)36-35(25-9-5-4-6-10-25)31-17-13-27-22-33(31)41(36)23-34(42)39-19-7-2-3-8-20-40-37(27)43/h11-22,25-26,30H,2-10,23-24,27-28H2,1H3,(H,45,48)(H,46,49);11-18,21-22,25H,2-10,19-20,23-24H2,1H3,(H,39,42)(H,40,43). The molecule has 0 radical (unpaired) electrons. The van der Waals surface area contributed by atoms with Crippen LogP contribution in [0.2, 0.25) is 5.02 Å². The molecular weight excluding hydrogens is 1290 g/mol. The van der Waals surface area contributed by atoms with E-state index < -0.39 is 0 Å². The molecule has 0 saturated heterocycles. The van der Waals surface area contributed by atoms with Gasteiger partial charge in [0, 0.05) is 68.7 Å². The number of hydrogen-bond donors (Lipinski definition) is 4. The van der Waals surface area contributed by atoms with Crippen molar-refractivity contribution >= 4 is 73.0 Å². The Morgan fingerprint density at radius 2 is 0.802 bits per heavy atom. The van der Waals surface area contributed by atoms with Gasteiger partial charge >= 0.3 is 0 Å². The van der Waals surface area contributed by atoms with Crippen molar-refractivity contribution in [3.63, 3.8) is 0 Å². The van der Waals surface area contributed by atoms with E-state index in [9.17, 15) is 19.2 Å². The quantitative estimate of drug-likeness (QED) is 0.0886. The Labute approximate surface area is 577 Å². The fourth-order valence-electron chi connectivity index (χ4n) is 14.5. The third-order valence-electron chi connectivity index (χ3n) is 19.5. The highest BCUT2D eigenvalue weighted by atomic mass is 79.9. The number of benzene rings is 7. The van der Waals surface area contributed by atoms with Gasteiger partial charge in [-0.1, -0.05) is 122 Å². The highest BCUT2D eigenvalue weighted by Gasteiger charge is 2.31. The maximum absolute atomic E-state index is 13.5. The molecule has 2 aliphatic carbocycles. The lowest BCUT2D eigenvalue weighted by Crippen LogP contribution is -2.28. The SMILES string of the molecule is COc1ccc(-c2ccc(Cl)cc2)c(COc2ccc(-c3c(C4CCCCC4)c4ccc5cc4n3CC(=O)NCCCCCCNC5=O)cc2)c1.COc1ccc(Br)c(COc2ccc(-c3c(C4CCCCC4)c4ccc5cc4n3CC(=O)NCCCCCCNC5=O)cc2)c1. The number of aromatic nitrogens is 2. The lowest BCUT2D eigenvalue weighted by Gasteiger charge is -2.24.